The minimum absolute atomic E-state index is 0.227. The molecule has 0 spiro atoms. The molecule has 7 heteroatoms. The lowest BCUT2D eigenvalue weighted by Crippen LogP contribution is -2.13. The molecule has 6 nitrogen and oxygen atoms in total. The number of aryl methyl sites for hydroxylation is 1. The SMILES string of the molecule is Cc1csc(NC(=O)c2cc(-c3ccc4ncccc4c3)cn3ccnc23)n1. The van der Waals surface area contributed by atoms with Crippen molar-refractivity contribution in [1.29, 1.82) is 0 Å². The maximum absolute atomic E-state index is 12.9. The van der Waals surface area contributed by atoms with Crippen molar-refractivity contribution in [3.8, 4) is 11.1 Å². The molecule has 0 atom stereocenters. The Morgan fingerprint density at radius 2 is 2.04 bits per heavy atom. The summed E-state index contributed by atoms with van der Waals surface area (Å²) in [6.45, 7) is 1.90. The first-order valence-corrected chi connectivity index (χ1v) is 9.61. The lowest BCUT2D eigenvalue weighted by molar-refractivity contribution is 0.102. The molecule has 136 valence electrons. The number of amides is 1. The highest BCUT2D eigenvalue weighted by Gasteiger charge is 2.16. The molecule has 4 heterocycles. The average molecular weight is 385 g/mol. The summed E-state index contributed by atoms with van der Waals surface area (Å²) in [4.78, 5) is 25.9. The molecule has 0 saturated heterocycles. The molecule has 4 aromatic heterocycles. The maximum Gasteiger partial charge on any atom is 0.261 e. The Balaban J connectivity index is 1.61. The number of benzene rings is 1. The van der Waals surface area contributed by atoms with E-state index in [4.69, 9.17) is 0 Å². The van der Waals surface area contributed by atoms with Gasteiger partial charge in [0.25, 0.3) is 5.91 Å². The molecule has 0 aliphatic heterocycles. The normalized spacial score (nSPS) is 11.2. The third-order valence-electron chi connectivity index (χ3n) is 4.51. The summed E-state index contributed by atoms with van der Waals surface area (Å²) in [5.41, 5.74) is 4.86. The smallest absolute Gasteiger partial charge is 0.261 e. The number of carbonyl (C=O) groups excluding carboxylic acids is 1. The minimum atomic E-state index is -0.227. The molecule has 0 aliphatic rings. The summed E-state index contributed by atoms with van der Waals surface area (Å²) >= 11 is 1.40. The molecule has 1 amide bonds. The summed E-state index contributed by atoms with van der Waals surface area (Å²) in [6.07, 6.45) is 7.28. The minimum Gasteiger partial charge on any atom is -0.306 e. The number of thiazole rings is 1. The van der Waals surface area contributed by atoms with E-state index in [0.717, 1.165) is 27.7 Å². The first kappa shape index (κ1) is 16.6. The van der Waals surface area contributed by atoms with E-state index in [1.165, 1.54) is 11.3 Å². The number of hydrogen-bond donors (Lipinski definition) is 1. The number of nitrogens with zero attached hydrogens (tertiary/aromatic N) is 4. The maximum atomic E-state index is 12.9. The molecule has 5 rings (SSSR count). The number of nitrogens with one attached hydrogen (secondary N) is 1. The van der Waals surface area contributed by atoms with E-state index in [2.05, 4.69) is 26.3 Å². The lowest BCUT2D eigenvalue weighted by atomic mass is 10.0. The molecule has 0 unspecified atom stereocenters. The number of pyridine rings is 2. The van der Waals surface area contributed by atoms with Crippen LogP contribution < -0.4 is 5.32 Å². The van der Waals surface area contributed by atoms with E-state index in [-0.39, 0.29) is 5.91 Å². The van der Waals surface area contributed by atoms with Crippen LogP contribution in [0.2, 0.25) is 0 Å². The van der Waals surface area contributed by atoms with Gasteiger partial charge in [-0.2, -0.15) is 0 Å². The highest BCUT2D eigenvalue weighted by atomic mass is 32.1. The van der Waals surface area contributed by atoms with Crippen LogP contribution in [0.5, 0.6) is 0 Å². The number of hydrogen-bond acceptors (Lipinski definition) is 5. The first-order chi connectivity index (χ1) is 13.7. The van der Waals surface area contributed by atoms with Crippen molar-refractivity contribution in [3.05, 3.63) is 77.8 Å². The van der Waals surface area contributed by atoms with E-state index >= 15 is 0 Å². The predicted molar refractivity (Wildman–Crippen MR) is 111 cm³/mol. The summed E-state index contributed by atoms with van der Waals surface area (Å²) in [6, 6.07) is 11.9. The topological polar surface area (TPSA) is 72.2 Å². The Labute approximate surface area is 164 Å². The molecule has 1 aromatic carbocycles. The molecular formula is C21H15N5OS. The Hall–Kier alpha value is -3.58. The Kier molecular flexibility index (Phi) is 3.87. The van der Waals surface area contributed by atoms with Crippen molar-refractivity contribution in [3.63, 3.8) is 0 Å². The van der Waals surface area contributed by atoms with Crippen LogP contribution in [0.1, 0.15) is 16.1 Å². The van der Waals surface area contributed by atoms with Gasteiger partial charge in [0, 0.05) is 35.6 Å². The fourth-order valence-corrected chi connectivity index (χ4v) is 3.87. The third kappa shape index (κ3) is 2.91. The van der Waals surface area contributed by atoms with E-state index < -0.39 is 0 Å². The third-order valence-corrected chi connectivity index (χ3v) is 5.38. The number of anilines is 1. The zero-order chi connectivity index (χ0) is 19.1. The quantitative estimate of drug-likeness (QED) is 0.494. The fraction of sp³-hybridized carbons (Fsp3) is 0.0476. The van der Waals surface area contributed by atoms with Crippen molar-refractivity contribution in [2.24, 2.45) is 0 Å². The number of aromatic nitrogens is 4. The van der Waals surface area contributed by atoms with Crippen molar-refractivity contribution in [2.75, 3.05) is 5.32 Å². The van der Waals surface area contributed by atoms with Gasteiger partial charge in [-0.15, -0.1) is 11.3 Å². The molecule has 5 aromatic rings. The molecule has 0 saturated carbocycles. The van der Waals surface area contributed by atoms with Gasteiger partial charge in [0.1, 0.15) is 5.65 Å². The standard InChI is InChI=1S/C21H15N5OS/c1-13-12-28-21(24-13)25-20(27)17-10-16(11-26-8-7-23-19(17)26)14-4-5-18-15(9-14)3-2-6-22-18/h2-12H,1H3,(H,24,25,27). The second-order valence-corrected chi connectivity index (χ2v) is 7.32. The second-order valence-electron chi connectivity index (χ2n) is 6.46. The lowest BCUT2D eigenvalue weighted by Gasteiger charge is -2.09. The number of fused-ring (bicyclic) bond motifs is 2. The van der Waals surface area contributed by atoms with Gasteiger partial charge < -0.3 is 4.40 Å². The van der Waals surface area contributed by atoms with Gasteiger partial charge in [-0.05, 0) is 42.3 Å². The zero-order valence-corrected chi connectivity index (χ0v) is 15.8. The first-order valence-electron chi connectivity index (χ1n) is 8.73. The van der Waals surface area contributed by atoms with Crippen LogP contribution in [0, 0.1) is 6.92 Å². The highest BCUT2D eigenvalue weighted by Crippen LogP contribution is 2.26. The van der Waals surface area contributed by atoms with Crippen LogP contribution in [0.3, 0.4) is 0 Å². The van der Waals surface area contributed by atoms with E-state index in [1.54, 1.807) is 12.4 Å². The van der Waals surface area contributed by atoms with Gasteiger partial charge in [-0.3, -0.25) is 15.1 Å². The van der Waals surface area contributed by atoms with Gasteiger partial charge in [0.05, 0.1) is 16.8 Å². The Bertz CT molecular complexity index is 1340. The second kappa shape index (κ2) is 6.54. The van der Waals surface area contributed by atoms with Crippen LogP contribution in [-0.2, 0) is 0 Å². The van der Waals surface area contributed by atoms with Crippen LogP contribution in [0.15, 0.2) is 66.6 Å². The van der Waals surface area contributed by atoms with E-state index in [9.17, 15) is 4.79 Å². The van der Waals surface area contributed by atoms with Crippen molar-refractivity contribution in [2.45, 2.75) is 6.92 Å². The molecular weight excluding hydrogens is 370 g/mol. The molecule has 1 N–H and O–H groups in total. The number of rotatable bonds is 3. The molecule has 0 radical (unpaired) electrons. The van der Waals surface area contributed by atoms with Gasteiger partial charge in [0.2, 0.25) is 0 Å². The molecule has 0 bridgehead atoms. The zero-order valence-electron chi connectivity index (χ0n) is 15.0. The molecule has 0 aliphatic carbocycles. The van der Waals surface area contributed by atoms with Gasteiger partial charge >= 0.3 is 0 Å². The van der Waals surface area contributed by atoms with Crippen molar-refractivity contribution < 1.29 is 4.79 Å². The van der Waals surface area contributed by atoms with Crippen LogP contribution in [0.25, 0.3) is 27.7 Å². The Morgan fingerprint density at radius 3 is 2.89 bits per heavy atom. The summed E-state index contributed by atoms with van der Waals surface area (Å²) in [7, 11) is 0. The van der Waals surface area contributed by atoms with E-state index in [1.807, 2.05) is 59.4 Å². The predicted octanol–water partition coefficient (Wildman–Crippen LogP) is 4.57. The van der Waals surface area contributed by atoms with Gasteiger partial charge in [-0.25, -0.2) is 9.97 Å². The van der Waals surface area contributed by atoms with Gasteiger partial charge in [0.15, 0.2) is 5.13 Å². The van der Waals surface area contributed by atoms with E-state index in [0.29, 0.717) is 16.3 Å². The largest absolute Gasteiger partial charge is 0.306 e. The van der Waals surface area contributed by atoms with Crippen LogP contribution in [-0.4, -0.2) is 25.3 Å². The van der Waals surface area contributed by atoms with Crippen molar-refractivity contribution in [1.82, 2.24) is 19.4 Å². The molecule has 28 heavy (non-hydrogen) atoms. The van der Waals surface area contributed by atoms with Gasteiger partial charge in [-0.1, -0.05) is 12.1 Å². The summed E-state index contributed by atoms with van der Waals surface area (Å²) < 4.78 is 1.87. The van der Waals surface area contributed by atoms with Crippen molar-refractivity contribution >= 4 is 38.9 Å². The molecule has 0 fully saturated rings. The highest BCUT2D eigenvalue weighted by molar-refractivity contribution is 7.13. The van der Waals surface area contributed by atoms with Crippen LogP contribution >= 0.6 is 11.3 Å². The average Bonchev–Trinajstić information content (AvgIpc) is 3.35. The number of carbonyl (C=O) groups is 1. The summed E-state index contributed by atoms with van der Waals surface area (Å²) in [5, 5.41) is 6.41. The fourth-order valence-electron chi connectivity index (χ4n) is 3.19. The summed E-state index contributed by atoms with van der Waals surface area (Å²) in [5.74, 6) is -0.227. The Morgan fingerprint density at radius 1 is 1.11 bits per heavy atom. The van der Waals surface area contributed by atoms with Crippen LogP contribution in [0.4, 0.5) is 5.13 Å². The monoisotopic (exact) mass is 385 g/mol. The number of imidazole rings is 1.